The molecule has 4 nitrogen and oxygen atoms in total. The summed E-state index contributed by atoms with van der Waals surface area (Å²) in [5, 5.41) is 3.02. The summed E-state index contributed by atoms with van der Waals surface area (Å²) in [6.07, 6.45) is 1.30. The molecule has 0 aromatic heterocycles. The summed E-state index contributed by atoms with van der Waals surface area (Å²) < 4.78 is 4.69. The normalized spacial score (nSPS) is 24.6. The van der Waals surface area contributed by atoms with E-state index in [0.717, 1.165) is 0 Å². The van der Waals surface area contributed by atoms with E-state index in [9.17, 15) is 9.59 Å². The molecule has 0 aromatic carbocycles. The van der Waals surface area contributed by atoms with Crippen LogP contribution in [0.3, 0.4) is 0 Å². The molecule has 1 amide bonds. The second-order valence-electron chi connectivity index (χ2n) is 2.51. The monoisotopic (exact) mass is 201 g/mol. The van der Waals surface area contributed by atoms with Crippen molar-refractivity contribution in [3.8, 4) is 0 Å². The lowest BCUT2D eigenvalue weighted by atomic mass is 10.4. The molecule has 1 heterocycles. The van der Waals surface area contributed by atoms with Crippen LogP contribution in [0.5, 0.6) is 0 Å². The Kier molecular flexibility index (Phi) is 3.36. The van der Waals surface area contributed by atoms with Gasteiger partial charge in [0.15, 0.2) is 0 Å². The summed E-state index contributed by atoms with van der Waals surface area (Å²) in [7, 11) is 0. The van der Waals surface area contributed by atoms with Crippen molar-refractivity contribution in [3.05, 3.63) is 11.1 Å². The van der Waals surface area contributed by atoms with Gasteiger partial charge in [0, 0.05) is 0 Å². The largest absolute Gasteiger partial charge is 0.463 e. The second-order valence-corrected chi connectivity index (χ2v) is 3.89. The van der Waals surface area contributed by atoms with Crippen molar-refractivity contribution >= 4 is 23.6 Å². The molecule has 0 bridgehead atoms. The van der Waals surface area contributed by atoms with Crippen LogP contribution < -0.4 is 5.32 Å². The first-order chi connectivity index (χ1) is 6.13. The van der Waals surface area contributed by atoms with E-state index in [2.05, 4.69) is 5.32 Å². The Morgan fingerprint density at radius 2 is 2.46 bits per heavy atom. The van der Waals surface area contributed by atoms with Gasteiger partial charge in [0.2, 0.25) is 5.91 Å². The Morgan fingerprint density at radius 3 is 2.92 bits per heavy atom. The molecule has 1 N–H and O–H groups in total. The summed E-state index contributed by atoms with van der Waals surface area (Å²) in [5.41, 5.74) is 0. The van der Waals surface area contributed by atoms with Gasteiger partial charge in [-0.3, -0.25) is 4.79 Å². The highest BCUT2D eigenvalue weighted by Crippen LogP contribution is 2.25. The third-order valence-corrected chi connectivity index (χ3v) is 2.50. The van der Waals surface area contributed by atoms with Crippen LogP contribution in [0.15, 0.2) is 11.1 Å². The molecule has 0 radical (unpaired) electrons. The number of hydrogen-bond acceptors (Lipinski definition) is 4. The van der Waals surface area contributed by atoms with E-state index in [0.29, 0.717) is 11.6 Å². The van der Waals surface area contributed by atoms with E-state index < -0.39 is 5.97 Å². The van der Waals surface area contributed by atoms with Crippen LogP contribution in [0.25, 0.3) is 0 Å². The van der Waals surface area contributed by atoms with Crippen LogP contribution >= 0.6 is 11.8 Å². The van der Waals surface area contributed by atoms with Gasteiger partial charge >= 0.3 is 5.97 Å². The molecular formula is C8H11NO3S. The number of hydrogen-bond donors (Lipinski definition) is 1. The van der Waals surface area contributed by atoms with Crippen molar-refractivity contribution in [2.75, 3.05) is 6.61 Å². The van der Waals surface area contributed by atoms with Crippen molar-refractivity contribution in [2.24, 2.45) is 0 Å². The molecule has 72 valence electrons. The minimum Gasteiger partial charge on any atom is -0.463 e. The topological polar surface area (TPSA) is 55.4 Å². The molecule has 1 aliphatic rings. The lowest BCUT2D eigenvalue weighted by Gasteiger charge is -1.97. The Hall–Kier alpha value is -0.970. The predicted molar refractivity (Wildman–Crippen MR) is 49.9 cm³/mol. The zero-order chi connectivity index (χ0) is 9.84. The molecule has 1 aliphatic heterocycles. The Morgan fingerprint density at radius 1 is 1.77 bits per heavy atom. The van der Waals surface area contributed by atoms with Crippen LogP contribution in [0, 0.1) is 0 Å². The molecule has 1 fully saturated rings. The lowest BCUT2D eigenvalue weighted by molar-refractivity contribution is -0.137. The van der Waals surface area contributed by atoms with E-state index >= 15 is 0 Å². The van der Waals surface area contributed by atoms with Crippen molar-refractivity contribution < 1.29 is 14.3 Å². The van der Waals surface area contributed by atoms with E-state index in [-0.39, 0.29) is 11.2 Å². The summed E-state index contributed by atoms with van der Waals surface area (Å²) in [6, 6.07) is 0. The molecular weight excluding hydrogens is 190 g/mol. The average Bonchev–Trinajstić information content (AvgIpc) is 2.31. The van der Waals surface area contributed by atoms with Crippen LogP contribution in [0.4, 0.5) is 0 Å². The van der Waals surface area contributed by atoms with Crippen LogP contribution in [-0.2, 0) is 14.3 Å². The van der Waals surface area contributed by atoms with Crippen LogP contribution in [0.1, 0.15) is 13.8 Å². The molecule has 5 heteroatoms. The molecule has 0 saturated carbocycles. The fourth-order valence-electron chi connectivity index (χ4n) is 0.858. The van der Waals surface area contributed by atoms with Gasteiger partial charge in [0.1, 0.15) is 0 Å². The number of amides is 1. The van der Waals surface area contributed by atoms with Gasteiger partial charge in [-0.05, 0) is 13.8 Å². The standard InChI is InChI=1S/C8H11NO3S/c1-3-12-7(10)4-6-9-8(11)5(2)13-6/h4-5H,3H2,1-2H3,(H,9,11)/b6-4+/t5-/m1/s1. The third-order valence-electron chi connectivity index (χ3n) is 1.45. The van der Waals surface area contributed by atoms with Crippen molar-refractivity contribution in [2.45, 2.75) is 19.1 Å². The molecule has 0 aliphatic carbocycles. The zero-order valence-corrected chi connectivity index (χ0v) is 8.31. The van der Waals surface area contributed by atoms with Gasteiger partial charge in [-0.25, -0.2) is 4.79 Å². The molecule has 0 aromatic rings. The Bertz CT molecular complexity index is 262. The van der Waals surface area contributed by atoms with E-state index in [4.69, 9.17) is 4.74 Å². The van der Waals surface area contributed by atoms with E-state index in [1.165, 1.54) is 17.8 Å². The summed E-state index contributed by atoms with van der Waals surface area (Å²) >= 11 is 1.33. The highest BCUT2D eigenvalue weighted by molar-refractivity contribution is 8.04. The molecule has 0 spiro atoms. The molecule has 1 atom stereocenters. The Labute approximate surface area is 80.7 Å². The van der Waals surface area contributed by atoms with Crippen LogP contribution in [0.2, 0.25) is 0 Å². The van der Waals surface area contributed by atoms with Gasteiger partial charge in [0.05, 0.1) is 23.0 Å². The van der Waals surface area contributed by atoms with Gasteiger partial charge in [-0.15, -0.1) is 0 Å². The minimum atomic E-state index is -0.417. The smallest absolute Gasteiger partial charge is 0.333 e. The number of nitrogens with one attached hydrogen (secondary N) is 1. The quantitative estimate of drug-likeness (QED) is 0.526. The summed E-state index contributed by atoms with van der Waals surface area (Å²) in [6.45, 7) is 3.86. The predicted octanol–water partition coefficient (Wildman–Crippen LogP) is 0.642. The first-order valence-corrected chi connectivity index (χ1v) is 4.87. The molecule has 13 heavy (non-hydrogen) atoms. The maximum absolute atomic E-state index is 11.0. The maximum atomic E-state index is 11.0. The number of ether oxygens (including phenoxy) is 1. The van der Waals surface area contributed by atoms with Gasteiger partial charge < -0.3 is 10.1 Å². The molecule has 1 saturated heterocycles. The first kappa shape index (κ1) is 10.1. The third kappa shape index (κ3) is 2.77. The SMILES string of the molecule is CCOC(=O)/C=C1\NC(=O)[C@@H](C)S1. The number of thioether (sulfide) groups is 1. The number of rotatable bonds is 2. The van der Waals surface area contributed by atoms with Gasteiger partial charge in [-0.2, -0.15) is 0 Å². The fourth-order valence-corrected chi connectivity index (χ4v) is 1.73. The zero-order valence-electron chi connectivity index (χ0n) is 7.49. The number of carbonyl (C=O) groups is 2. The van der Waals surface area contributed by atoms with Crippen molar-refractivity contribution in [1.82, 2.24) is 5.32 Å². The van der Waals surface area contributed by atoms with Crippen molar-refractivity contribution in [3.63, 3.8) is 0 Å². The lowest BCUT2D eigenvalue weighted by Crippen LogP contribution is -2.19. The van der Waals surface area contributed by atoms with E-state index in [1.807, 2.05) is 0 Å². The van der Waals surface area contributed by atoms with Gasteiger partial charge in [-0.1, -0.05) is 11.8 Å². The second kappa shape index (κ2) is 4.32. The van der Waals surface area contributed by atoms with E-state index in [1.54, 1.807) is 13.8 Å². The van der Waals surface area contributed by atoms with Gasteiger partial charge in [0.25, 0.3) is 0 Å². The summed E-state index contributed by atoms with van der Waals surface area (Å²) in [5.74, 6) is -0.486. The van der Waals surface area contributed by atoms with Crippen molar-refractivity contribution in [1.29, 1.82) is 0 Å². The molecule has 0 unspecified atom stereocenters. The highest BCUT2D eigenvalue weighted by Gasteiger charge is 2.24. The number of carbonyl (C=O) groups excluding carboxylic acids is 2. The first-order valence-electron chi connectivity index (χ1n) is 3.99. The Balaban J connectivity index is 2.54. The fraction of sp³-hybridized carbons (Fsp3) is 0.500. The number of esters is 1. The average molecular weight is 201 g/mol. The maximum Gasteiger partial charge on any atom is 0.333 e. The minimum absolute atomic E-state index is 0.0689. The van der Waals surface area contributed by atoms with Crippen LogP contribution in [-0.4, -0.2) is 23.7 Å². The molecule has 1 rings (SSSR count). The summed E-state index contributed by atoms with van der Waals surface area (Å²) in [4.78, 5) is 21.9. The highest BCUT2D eigenvalue weighted by atomic mass is 32.2.